The molecule has 1 aliphatic heterocycles. The molecule has 0 aliphatic carbocycles. The van der Waals surface area contributed by atoms with Gasteiger partial charge in [0.25, 0.3) is 5.91 Å². The third kappa shape index (κ3) is 5.40. The number of alkyl halides is 3. The fraction of sp³-hybridized carbons (Fsp3) is 0.389. The molecule has 10 heteroatoms. The molecule has 0 saturated carbocycles. The minimum atomic E-state index is -4.50. The summed E-state index contributed by atoms with van der Waals surface area (Å²) < 4.78 is 44.6. The van der Waals surface area contributed by atoms with Gasteiger partial charge < -0.3 is 15.4 Å². The van der Waals surface area contributed by atoms with Gasteiger partial charge in [0.1, 0.15) is 17.8 Å². The smallest absolute Gasteiger partial charge is 0.379 e. The van der Waals surface area contributed by atoms with Gasteiger partial charge in [0, 0.05) is 32.2 Å². The Morgan fingerprint density at radius 1 is 1.18 bits per heavy atom. The van der Waals surface area contributed by atoms with E-state index in [9.17, 15) is 18.0 Å². The molecule has 7 nitrogen and oxygen atoms in total. The Hall–Kier alpha value is -2.72. The zero-order valence-corrected chi connectivity index (χ0v) is 15.0. The van der Waals surface area contributed by atoms with E-state index in [4.69, 9.17) is 4.74 Å². The van der Waals surface area contributed by atoms with E-state index in [1.54, 1.807) is 0 Å². The van der Waals surface area contributed by atoms with Crippen LogP contribution in [0.25, 0.3) is 0 Å². The van der Waals surface area contributed by atoms with E-state index in [1.165, 1.54) is 24.3 Å². The average molecular weight is 395 g/mol. The lowest BCUT2D eigenvalue weighted by atomic mass is 10.1. The molecular formula is C18H20F3N5O2. The number of rotatable bonds is 6. The molecule has 1 fully saturated rings. The van der Waals surface area contributed by atoms with Crippen LogP contribution in [0.5, 0.6) is 0 Å². The zero-order chi connectivity index (χ0) is 20.0. The van der Waals surface area contributed by atoms with Gasteiger partial charge in [0.15, 0.2) is 0 Å². The van der Waals surface area contributed by atoms with Crippen LogP contribution in [0.1, 0.15) is 16.1 Å². The summed E-state index contributed by atoms with van der Waals surface area (Å²) >= 11 is 0. The predicted octanol–water partition coefficient (Wildman–Crippen LogP) is 2.30. The lowest BCUT2D eigenvalue weighted by Crippen LogP contribution is -2.41. The average Bonchev–Trinajstić information content (AvgIpc) is 2.68. The van der Waals surface area contributed by atoms with Gasteiger partial charge in [0.2, 0.25) is 0 Å². The van der Waals surface area contributed by atoms with Gasteiger partial charge in [0.05, 0.1) is 24.5 Å². The number of carbonyl (C=O) groups is 1. The molecule has 1 amide bonds. The number of hydrogen-bond donors (Lipinski definition) is 2. The van der Waals surface area contributed by atoms with Crippen LogP contribution in [0.3, 0.4) is 0 Å². The van der Waals surface area contributed by atoms with E-state index in [0.29, 0.717) is 26.3 Å². The molecule has 1 aliphatic rings. The first-order valence-corrected chi connectivity index (χ1v) is 8.77. The summed E-state index contributed by atoms with van der Waals surface area (Å²) in [4.78, 5) is 22.2. The van der Waals surface area contributed by atoms with E-state index in [0.717, 1.165) is 25.5 Å². The Kier molecular flexibility index (Phi) is 6.42. The predicted molar refractivity (Wildman–Crippen MR) is 96.4 cm³/mol. The lowest BCUT2D eigenvalue weighted by Gasteiger charge is -2.26. The molecule has 0 bridgehead atoms. The van der Waals surface area contributed by atoms with E-state index < -0.39 is 17.6 Å². The monoisotopic (exact) mass is 395 g/mol. The number of para-hydroxylation sites is 1. The number of halogens is 3. The number of carbonyl (C=O) groups excluding carboxylic acids is 1. The summed E-state index contributed by atoms with van der Waals surface area (Å²) in [6, 6.07) is 6.38. The quantitative estimate of drug-likeness (QED) is 0.782. The number of nitrogens with one attached hydrogen (secondary N) is 2. The highest BCUT2D eigenvalue weighted by atomic mass is 19.4. The van der Waals surface area contributed by atoms with Gasteiger partial charge in [-0.3, -0.25) is 9.69 Å². The molecule has 0 spiro atoms. The van der Waals surface area contributed by atoms with Crippen molar-refractivity contribution in [2.75, 3.05) is 44.7 Å². The van der Waals surface area contributed by atoms with Crippen LogP contribution in [-0.4, -0.2) is 60.2 Å². The van der Waals surface area contributed by atoms with Crippen molar-refractivity contribution in [1.29, 1.82) is 0 Å². The van der Waals surface area contributed by atoms with Crippen molar-refractivity contribution < 1.29 is 22.7 Å². The van der Waals surface area contributed by atoms with E-state index in [1.807, 2.05) is 0 Å². The van der Waals surface area contributed by atoms with Gasteiger partial charge in [-0.05, 0) is 12.1 Å². The number of ether oxygens (including phenoxy) is 1. The molecule has 150 valence electrons. The lowest BCUT2D eigenvalue weighted by molar-refractivity contribution is -0.136. The molecule has 2 N–H and O–H groups in total. The van der Waals surface area contributed by atoms with Crippen LogP contribution in [0.15, 0.2) is 36.7 Å². The van der Waals surface area contributed by atoms with Gasteiger partial charge >= 0.3 is 6.18 Å². The first-order valence-electron chi connectivity index (χ1n) is 8.77. The Morgan fingerprint density at radius 3 is 2.68 bits per heavy atom. The van der Waals surface area contributed by atoms with Crippen LogP contribution in [0, 0.1) is 0 Å². The summed E-state index contributed by atoms with van der Waals surface area (Å²) in [7, 11) is 0. The van der Waals surface area contributed by atoms with E-state index >= 15 is 0 Å². The highest BCUT2D eigenvalue weighted by Gasteiger charge is 2.33. The molecule has 1 saturated heterocycles. The number of hydrogen-bond acceptors (Lipinski definition) is 6. The standard InChI is InChI=1S/C18H20F3N5O2/c19-18(20,21)13-3-1-2-4-14(13)25-16-11-15(23-12-24-16)17(27)22-5-6-26-7-9-28-10-8-26/h1-4,11-12H,5-10H2,(H,22,27)(H,23,24,25). The number of morpholine rings is 1. The van der Waals surface area contributed by atoms with Crippen molar-refractivity contribution in [2.45, 2.75) is 6.18 Å². The van der Waals surface area contributed by atoms with Crippen molar-refractivity contribution in [3.63, 3.8) is 0 Å². The minimum Gasteiger partial charge on any atom is -0.379 e. The number of nitrogens with zero attached hydrogens (tertiary/aromatic N) is 3. The number of aromatic nitrogens is 2. The van der Waals surface area contributed by atoms with Gasteiger partial charge in [-0.1, -0.05) is 12.1 Å². The Labute approximate surface area is 159 Å². The molecule has 1 aromatic carbocycles. The third-order valence-electron chi connectivity index (χ3n) is 4.21. The van der Waals surface area contributed by atoms with Crippen LogP contribution in [0.2, 0.25) is 0 Å². The van der Waals surface area contributed by atoms with Gasteiger partial charge in [-0.2, -0.15) is 13.2 Å². The first-order chi connectivity index (χ1) is 13.4. The van der Waals surface area contributed by atoms with Crippen LogP contribution < -0.4 is 10.6 Å². The van der Waals surface area contributed by atoms with Crippen molar-refractivity contribution in [3.05, 3.63) is 47.9 Å². The normalized spacial score (nSPS) is 15.2. The molecule has 2 aromatic rings. The van der Waals surface area contributed by atoms with Crippen molar-refractivity contribution in [3.8, 4) is 0 Å². The highest BCUT2D eigenvalue weighted by molar-refractivity contribution is 5.93. The summed E-state index contributed by atoms with van der Waals surface area (Å²) in [5.74, 6) is -0.312. The van der Waals surface area contributed by atoms with Crippen LogP contribution in [-0.2, 0) is 10.9 Å². The van der Waals surface area contributed by atoms with Crippen molar-refractivity contribution >= 4 is 17.4 Å². The molecule has 0 unspecified atom stereocenters. The largest absolute Gasteiger partial charge is 0.418 e. The summed E-state index contributed by atoms with van der Waals surface area (Å²) in [6.45, 7) is 4.10. The fourth-order valence-electron chi connectivity index (χ4n) is 2.77. The fourth-order valence-corrected chi connectivity index (χ4v) is 2.77. The number of amides is 1. The second-order valence-electron chi connectivity index (χ2n) is 6.17. The second kappa shape index (κ2) is 8.98. The maximum atomic E-state index is 13.1. The first kappa shape index (κ1) is 20.0. The molecule has 28 heavy (non-hydrogen) atoms. The summed E-state index contributed by atoms with van der Waals surface area (Å²) in [5.41, 5.74) is -0.888. The maximum Gasteiger partial charge on any atom is 0.418 e. The maximum absolute atomic E-state index is 13.1. The number of benzene rings is 1. The Balaban J connectivity index is 1.62. The molecule has 0 atom stereocenters. The summed E-state index contributed by atoms with van der Waals surface area (Å²) in [6.07, 6.45) is -3.37. The molecule has 0 radical (unpaired) electrons. The molecule has 1 aromatic heterocycles. The molecule has 3 rings (SSSR count). The van der Waals surface area contributed by atoms with Gasteiger partial charge in [-0.15, -0.1) is 0 Å². The Morgan fingerprint density at radius 2 is 1.93 bits per heavy atom. The number of anilines is 2. The van der Waals surface area contributed by atoms with E-state index in [-0.39, 0.29) is 17.2 Å². The van der Waals surface area contributed by atoms with Gasteiger partial charge in [-0.25, -0.2) is 9.97 Å². The van der Waals surface area contributed by atoms with E-state index in [2.05, 4.69) is 25.5 Å². The SMILES string of the molecule is O=C(NCCN1CCOCC1)c1cc(Nc2ccccc2C(F)(F)F)ncn1. The molecule has 2 heterocycles. The third-order valence-corrected chi connectivity index (χ3v) is 4.21. The second-order valence-corrected chi connectivity index (χ2v) is 6.17. The zero-order valence-electron chi connectivity index (χ0n) is 15.0. The van der Waals surface area contributed by atoms with Crippen molar-refractivity contribution in [2.24, 2.45) is 0 Å². The Bertz CT molecular complexity index is 810. The molecular weight excluding hydrogens is 375 g/mol. The van der Waals surface area contributed by atoms with Crippen molar-refractivity contribution in [1.82, 2.24) is 20.2 Å². The summed E-state index contributed by atoms with van der Waals surface area (Å²) in [5, 5.41) is 5.36. The highest BCUT2D eigenvalue weighted by Crippen LogP contribution is 2.35. The minimum absolute atomic E-state index is 0.0731. The van der Waals surface area contributed by atoms with Crippen LogP contribution >= 0.6 is 0 Å². The topological polar surface area (TPSA) is 79.4 Å². The van der Waals surface area contributed by atoms with Crippen LogP contribution in [0.4, 0.5) is 24.7 Å².